The van der Waals surface area contributed by atoms with Crippen molar-refractivity contribution in [2.24, 2.45) is 5.73 Å². The van der Waals surface area contributed by atoms with Gasteiger partial charge in [0.05, 0.1) is 0 Å². The van der Waals surface area contributed by atoms with Gasteiger partial charge in [-0.25, -0.2) is 0 Å². The van der Waals surface area contributed by atoms with Gasteiger partial charge in [0, 0.05) is 12.1 Å². The Hall–Kier alpha value is -0.860. The highest BCUT2D eigenvalue weighted by Gasteiger charge is 2.12. The summed E-state index contributed by atoms with van der Waals surface area (Å²) in [5, 5.41) is 0. The van der Waals surface area contributed by atoms with Gasteiger partial charge in [-0.3, -0.25) is 0 Å². The number of nitrogens with two attached hydrogens (primary N) is 1. The van der Waals surface area contributed by atoms with Crippen molar-refractivity contribution in [3.05, 3.63) is 35.4 Å². The summed E-state index contributed by atoms with van der Waals surface area (Å²) < 4.78 is 0. The summed E-state index contributed by atoms with van der Waals surface area (Å²) in [5.74, 6) is 0. The lowest BCUT2D eigenvalue weighted by Crippen LogP contribution is -2.34. The van der Waals surface area contributed by atoms with Crippen LogP contribution < -0.4 is 5.73 Å². The predicted molar refractivity (Wildman–Crippen MR) is 77.8 cm³/mol. The van der Waals surface area contributed by atoms with Crippen LogP contribution in [0.5, 0.6) is 0 Å². The van der Waals surface area contributed by atoms with E-state index in [9.17, 15) is 0 Å². The average Bonchev–Trinajstić information content (AvgIpc) is 2.79. The lowest BCUT2D eigenvalue weighted by Gasteiger charge is -2.18. The van der Waals surface area contributed by atoms with Crippen molar-refractivity contribution in [3.8, 4) is 0 Å². The number of likely N-dealkylation sites (tertiary alicyclic amines) is 1. The summed E-state index contributed by atoms with van der Waals surface area (Å²) in [6, 6.07) is 8.98. The van der Waals surface area contributed by atoms with Crippen molar-refractivity contribution in [3.63, 3.8) is 0 Å². The van der Waals surface area contributed by atoms with E-state index in [1.54, 1.807) is 0 Å². The van der Waals surface area contributed by atoms with Crippen molar-refractivity contribution in [2.45, 2.75) is 45.1 Å². The lowest BCUT2D eigenvalue weighted by atomic mass is 9.95. The van der Waals surface area contributed by atoms with Gasteiger partial charge in [0.2, 0.25) is 0 Å². The summed E-state index contributed by atoms with van der Waals surface area (Å²) in [7, 11) is 0. The zero-order valence-corrected chi connectivity index (χ0v) is 11.8. The van der Waals surface area contributed by atoms with E-state index in [1.807, 2.05) is 0 Å². The Balaban J connectivity index is 1.83. The van der Waals surface area contributed by atoms with Gasteiger partial charge in [-0.05, 0) is 63.7 Å². The maximum atomic E-state index is 6.04. The molecule has 1 aromatic rings. The molecular formula is C16H26N2. The van der Waals surface area contributed by atoms with Crippen LogP contribution in [0.25, 0.3) is 0 Å². The van der Waals surface area contributed by atoms with Crippen LogP contribution >= 0.6 is 0 Å². The standard InChI is InChI=1S/C16H26N2/c1-16(2,17)13-15-7-5-14(6-8-15)9-12-18-10-3-4-11-18/h5-8H,3-4,9-13,17H2,1-2H3. The van der Waals surface area contributed by atoms with Crippen molar-refractivity contribution >= 4 is 0 Å². The number of hydrogen-bond acceptors (Lipinski definition) is 2. The smallest absolute Gasteiger partial charge is 0.0138 e. The van der Waals surface area contributed by atoms with Gasteiger partial charge in [0.25, 0.3) is 0 Å². The van der Waals surface area contributed by atoms with Gasteiger partial charge in [0.15, 0.2) is 0 Å². The van der Waals surface area contributed by atoms with E-state index in [0.29, 0.717) is 0 Å². The first-order valence-electron chi connectivity index (χ1n) is 7.12. The third-order valence-electron chi connectivity index (χ3n) is 3.60. The second kappa shape index (κ2) is 5.85. The second-order valence-electron chi connectivity index (χ2n) is 6.28. The Labute approximate surface area is 111 Å². The van der Waals surface area contributed by atoms with Crippen molar-refractivity contribution in [2.75, 3.05) is 19.6 Å². The number of nitrogens with zero attached hydrogens (tertiary/aromatic N) is 1. The molecule has 2 N–H and O–H groups in total. The quantitative estimate of drug-likeness (QED) is 0.865. The molecule has 1 heterocycles. The minimum atomic E-state index is -0.114. The van der Waals surface area contributed by atoms with E-state index in [0.717, 1.165) is 6.42 Å². The molecular weight excluding hydrogens is 220 g/mol. The fourth-order valence-electron chi connectivity index (χ4n) is 2.64. The number of rotatable bonds is 5. The topological polar surface area (TPSA) is 29.3 Å². The Morgan fingerprint density at radius 1 is 1.06 bits per heavy atom. The van der Waals surface area contributed by atoms with Crippen molar-refractivity contribution in [1.29, 1.82) is 0 Å². The van der Waals surface area contributed by atoms with Crippen LogP contribution in [-0.2, 0) is 12.8 Å². The molecule has 1 aliphatic heterocycles. The van der Waals surface area contributed by atoms with Crippen LogP contribution in [0.2, 0.25) is 0 Å². The Morgan fingerprint density at radius 3 is 2.17 bits per heavy atom. The van der Waals surface area contributed by atoms with E-state index in [-0.39, 0.29) is 5.54 Å². The van der Waals surface area contributed by atoms with Crippen LogP contribution in [-0.4, -0.2) is 30.1 Å². The summed E-state index contributed by atoms with van der Waals surface area (Å²) in [4.78, 5) is 2.57. The molecule has 18 heavy (non-hydrogen) atoms. The van der Waals surface area contributed by atoms with Gasteiger partial charge in [-0.1, -0.05) is 24.3 Å². The van der Waals surface area contributed by atoms with E-state index in [2.05, 4.69) is 43.0 Å². The van der Waals surface area contributed by atoms with E-state index < -0.39 is 0 Å². The maximum absolute atomic E-state index is 6.04. The number of hydrogen-bond donors (Lipinski definition) is 1. The molecule has 2 heteroatoms. The summed E-state index contributed by atoms with van der Waals surface area (Å²) in [5.41, 5.74) is 8.71. The first-order valence-corrected chi connectivity index (χ1v) is 7.12. The molecule has 1 aliphatic rings. The highest BCUT2D eigenvalue weighted by Crippen LogP contribution is 2.13. The molecule has 2 nitrogen and oxygen atoms in total. The van der Waals surface area contributed by atoms with Crippen LogP contribution in [0.1, 0.15) is 37.8 Å². The molecule has 1 fully saturated rings. The van der Waals surface area contributed by atoms with E-state index in [1.165, 1.54) is 50.0 Å². The Kier molecular flexibility index (Phi) is 4.41. The maximum Gasteiger partial charge on any atom is 0.0138 e. The second-order valence-corrected chi connectivity index (χ2v) is 6.28. The van der Waals surface area contributed by atoms with Gasteiger partial charge < -0.3 is 10.6 Å². The van der Waals surface area contributed by atoms with Gasteiger partial charge in [0.1, 0.15) is 0 Å². The van der Waals surface area contributed by atoms with E-state index in [4.69, 9.17) is 5.73 Å². The Morgan fingerprint density at radius 2 is 1.61 bits per heavy atom. The summed E-state index contributed by atoms with van der Waals surface area (Å²) in [6.07, 6.45) is 4.88. The molecule has 0 aliphatic carbocycles. The SMILES string of the molecule is CC(C)(N)Cc1ccc(CCN2CCCC2)cc1. The molecule has 0 aromatic heterocycles. The Bertz CT molecular complexity index is 356. The van der Waals surface area contributed by atoms with Gasteiger partial charge in [-0.2, -0.15) is 0 Å². The molecule has 0 radical (unpaired) electrons. The van der Waals surface area contributed by atoms with Crippen LogP contribution in [0.3, 0.4) is 0 Å². The minimum absolute atomic E-state index is 0.114. The fourth-order valence-corrected chi connectivity index (χ4v) is 2.64. The predicted octanol–water partition coefficient (Wildman–Crippen LogP) is 2.60. The van der Waals surface area contributed by atoms with Crippen LogP contribution in [0, 0.1) is 0 Å². The summed E-state index contributed by atoms with van der Waals surface area (Å²) in [6.45, 7) is 7.95. The minimum Gasteiger partial charge on any atom is -0.325 e. The van der Waals surface area contributed by atoms with Gasteiger partial charge in [-0.15, -0.1) is 0 Å². The third kappa shape index (κ3) is 4.43. The number of benzene rings is 1. The normalized spacial score (nSPS) is 17.3. The first kappa shape index (κ1) is 13.6. The monoisotopic (exact) mass is 246 g/mol. The van der Waals surface area contributed by atoms with Crippen LogP contribution in [0.15, 0.2) is 24.3 Å². The van der Waals surface area contributed by atoms with Crippen LogP contribution in [0.4, 0.5) is 0 Å². The zero-order valence-electron chi connectivity index (χ0n) is 11.8. The summed E-state index contributed by atoms with van der Waals surface area (Å²) >= 11 is 0. The molecule has 2 rings (SSSR count). The molecule has 100 valence electrons. The molecule has 0 unspecified atom stereocenters. The molecule has 0 saturated carbocycles. The molecule has 0 bridgehead atoms. The molecule has 0 atom stereocenters. The van der Waals surface area contributed by atoms with Gasteiger partial charge >= 0.3 is 0 Å². The zero-order chi connectivity index (χ0) is 13.0. The van der Waals surface area contributed by atoms with Crippen molar-refractivity contribution < 1.29 is 0 Å². The first-order chi connectivity index (χ1) is 8.53. The third-order valence-corrected chi connectivity index (χ3v) is 3.60. The average molecular weight is 246 g/mol. The highest BCUT2D eigenvalue weighted by molar-refractivity contribution is 5.24. The van der Waals surface area contributed by atoms with Crippen molar-refractivity contribution in [1.82, 2.24) is 4.90 Å². The van der Waals surface area contributed by atoms with E-state index >= 15 is 0 Å². The highest BCUT2D eigenvalue weighted by atomic mass is 15.1. The molecule has 0 spiro atoms. The molecule has 1 aromatic carbocycles. The molecule has 1 saturated heterocycles. The fraction of sp³-hybridized carbons (Fsp3) is 0.625. The molecule has 0 amide bonds. The lowest BCUT2D eigenvalue weighted by molar-refractivity contribution is 0.343. The largest absolute Gasteiger partial charge is 0.325 e.